The molecule has 3 rings (SSSR count). The number of hydrogen-bond donors (Lipinski definition) is 2. The molecule has 0 saturated carbocycles. The Labute approximate surface area is 187 Å². The van der Waals surface area contributed by atoms with E-state index in [0.29, 0.717) is 40.9 Å². The molecule has 1 N–H and O–H groups in total. The highest BCUT2D eigenvalue weighted by Crippen LogP contribution is 2.38. The van der Waals surface area contributed by atoms with Crippen molar-refractivity contribution in [3.63, 3.8) is 0 Å². The lowest BCUT2D eigenvalue weighted by Gasteiger charge is -2.17. The van der Waals surface area contributed by atoms with Crippen LogP contribution in [-0.4, -0.2) is 26.1 Å². The third-order valence-electron chi connectivity index (χ3n) is 4.52. The predicted octanol–water partition coefficient (Wildman–Crippen LogP) is 3.56. The SMILES string of the molecule is CCOc1cc(=O)n(C)cc1-c1cc(CCN[SH](=O)=O)ccc1Oc1ccc(Cl)cc1. The summed E-state index contributed by atoms with van der Waals surface area (Å²) >= 11 is 5.97. The Morgan fingerprint density at radius 3 is 2.45 bits per heavy atom. The molecule has 0 unspecified atom stereocenters. The zero-order valence-corrected chi connectivity index (χ0v) is 18.8. The van der Waals surface area contributed by atoms with Crippen molar-refractivity contribution < 1.29 is 17.9 Å². The van der Waals surface area contributed by atoms with Crippen LogP contribution in [0.4, 0.5) is 0 Å². The number of nitrogens with one attached hydrogen (secondary N) is 1. The molecule has 0 saturated heterocycles. The van der Waals surface area contributed by atoms with Crippen LogP contribution >= 0.6 is 11.6 Å². The minimum atomic E-state index is -2.65. The van der Waals surface area contributed by atoms with E-state index in [4.69, 9.17) is 21.1 Å². The van der Waals surface area contributed by atoms with Gasteiger partial charge in [-0.15, -0.1) is 0 Å². The molecule has 3 aromatic rings. The van der Waals surface area contributed by atoms with Gasteiger partial charge < -0.3 is 14.0 Å². The lowest BCUT2D eigenvalue weighted by molar-refractivity contribution is 0.340. The van der Waals surface area contributed by atoms with Crippen molar-refractivity contribution in [1.29, 1.82) is 0 Å². The van der Waals surface area contributed by atoms with Crippen molar-refractivity contribution in [3.8, 4) is 28.4 Å². The Hall–Kier alpha value is -2.81. The zero-order valence-electron chi connectivity index (χ0n) is 17.1. The van der Waals surface area contributed by atoms with Crippen LogP contribution in [0.25, 0.3) is 11.1 Å². The zero-order chi connectivity index (χ0) is 22.4. The van der Waals surface area contributed by atoms with Gasteiger partial charge in [-0.25, -0.2) is 13.1 Å². The third-order valence-corrected chi connectivity index (χ3v) is 5.25. The standard InChI is InChI=1S/C22H23ClN2O5S/c1-3-29-21-13-22(26)25(2)14-19(21)18-12-15(10-11-24-31(27)28)4-9-20(18)30-17-7-5-16(23)6-8-17/h4-9,12-14,31H,3,10-11H2,1-2H3,(H,24,27,28). The fourth-order valence-corrected chi connectivity index (χ4v) is 3.46. The van der Waals surface area contributed by atoms with Gasteiger partial charge in [0.25, 0.3) is 5.56 Å². The van der Waals surface area contributed by atoms with Crippen LogP contribution < -0.4 is 19.8 Å². The number of halogens is 1. The monoisotopic (exact) mass is 462 g/mol. The molecular weight excluding hydrogens is 440 g/mol. The van der Waals surface area contributed by atoms with Gasteiger partial charge in [0.15, 0.2) is 0 Å². The number of aryl methyl sites for hydroxylation is 1. The smallest absolute Gasteiger partial charge is 0.254 e. The van der Waals surface area contributed by atoms with Gasteiger partial charge in [0.1, 0.15) is 17.2 Å². The van der Waals surface area contributed by atoms with Crippen LogP contribution in [-0.2, 0) is 24.4 Å². The average Bonchev–Trinajstić information content (AvgIpc) is 2.73. The van der Waals surface area contributed by atoms with E-state index in [1.54, 1.807) is 37.5 Å². The second-order valence-corrected chi connectivity index (χ2v) is 8.00. The maximum absolute atomic E-state index is 12.2. The topological polar surface area (TPSA) is 86.6 Å². The van der Waals surface area contributed by atoms with Crippen molar-refractivity contribution in [2.24, 2.45) is 7.05 Å². The number of aromatic nitrogens is 1. The second-order valence-electron chi connectivity index (χ2n) is 6.74. The number of ether oxygens (including phenoxy) is 2. The highest BCUT2D eigenvalue weighted by atomic mass is 35.5. The first kappa shape index (κ1) is 22.9. The van der Waals surface area contributed by atoms with Gasteiger partial charge in [-0.05, 0) is 55.3 Å². The Balaban J connectivity index is 2.08. The van der Waals surface area contributed by atoms with Gasteiger partial charge in [0.05, 0.1) is 6.61 Å². The van der Waals surface area contributed by atoms with Crippen LogP contribution in [0, 0.1) is 0 Å². The summed E-state index contributed by atoms with van der Waals surface area (Å²) in [7, 11) is -0.986. The molecule has 0 aliphatic carbocycles. The van der Waals surface area contributed by atoms with Gasteiger partial charge >= 0.3 is 0 Å². The molecule has 0 fully saturated rings. The van der Waals surface area contributed by atoms with Crippen molar-refractivity contribution in [1.82, 2.24) is 9.29 Å². The first-order valence-electron chi connectivity index (χ1n) is 9.65. The highest BCUT2D eigenvalue weighted by Gasteiger charge is 2.16. The molecule has 0 spiro atoms. The largest absolute Gasteiger partial charge is 0.493 e. The molecule has 1 aromatic heterocycles. The van der Waals surface area contributed by atoms with Crippen molar-refractivity contribution in [3.05, 3.63) is 75.7 Å². The lowest BCUT2D eigenvalue weighted by Crippen LogP contribution is -2.16. The molecule has 2 aromatic carbocycles. The van der Waals surface area contributed by atoms with E-state index >= 15 is 0 Å². The summed E-state index contributed by atoms with van der Waals surface area (Å²) in [4.78, 5) is 12.2. The fraction of sp³-hybridized carbons (Fsp3) is 0.227. The number of thiol groups is 1. The van der Waals surface area contributed by atoms with E-state index in [-0.39, 0.29) is 12.1 Å². The second kappa shape index (κ2) is 10.5. The highest BCUT2D eigenvalue weighted by molar-refractivity contribution is 7.70. The predicted molar refractivity (Wildman–Crippen MR) is 122 cm³/mol. The van der Waals surface area contributed by atoms with Crippen LogP contribution in [0.1, 0.15) is 12.5 Å². The van der Waals surface area contributed by atoms with E-state index in [1.807, 2.05) is 25.1 Å². The summed E-state index contributed by atoms with van der Waals surface area (Å²) in [6, 6.07) is 14.0. The number of pyridine rings is 1. The van der Waals surface area contributed by atoms with Gasteiger partial charge in [0, 0.05) is 42.0 Å². The van der Waals surface area contributed by atoms with Crippen molar-refractivity contribution >= 4 is 22.5 Å². The minimum absolute atomic E-state index is 0.188. The van der Waals surface area contributed by atoms with Crippen molar-refractivity contribution in [2.45, 2.75) is 13.3 Å². The Morgan fingerprint density at radius 1 is 1.03 bits per heavy atom. The number of rotatable bonds is 9. The summed E-state index contributed by atoms with van der Waals surface area (Å²) in [5, 5.41) is 0.601. The van der Waals surface area contributed by atoms with E-state index in [1.165, 1.54) is 10.6 Å². The summed E-state index contributed by atoms with van der Waals surface area (Å²) < 4.78 is 37.3. The molecule has 31 heavy (non-hydrogen) atoms. The molecule has 0 aliphatic heterocycles. The summed E-state index contributed by atoms with van der Waals surface area (Å²) in [5.74, 6) is 1.62. The van der Waals surface area contributed by atoms with Crippen LogP contribution in [0.15, 0.2) is 59.5 Å². The Kier molecular flexibility index (Phi) is 7.73. The van der Waals surface area contributed by atoms with E-state index in [0.717, 1.165) is 11.1 Å². The molecule has 0 bridgehead atoms. The Morgan fingerprint density at radius 2 is 1.77 bits per heavy atom. The molecular formula is C22H23ClN2O5S. The van der Waals surface area contributed by atoms with Crippen molar-refractivity contribution in [2.75, 3.05) is 13.2 Å². The molecule has 0 amide bonds. The molecule has 1 heterocycles. The van der Waals surface area contributed by atoms with Crippen LogP contribution in [0.2, 0.25) is 5.02 Å². The molecule has 9 heteroatoms. The maximum atomic E-state index is 12.2. The van der Waals surface area contributed by atoms with E-state index in [2.05, 4.69) is 4.72 Å². The van der Waals surface area contributed by atoms with Gasteiger partial charge in [-0.3, -0.25) is 4.79 Å². The van der Waals surface area contributed by atoms with Gasteiger partial charge in [0.2, 0.25) is 10.9 Å². The number of hydrogen-bond acceptors (Lipinski definition) is 5. The summed E-state index contributed by atoms with van der Waals surface area (Å²) in [6.45, 7) is 2.52. The average molecular weight is 463 g/mol. The molecule has 164 valence electrons. The summed E-state index contributed by atoms with van der Waals surface area (Å²) in [6.07, 6.45) is 2.20. The maximum Gasteiger partial charge on any atom is 0.254 e. The Bertz CT molecular complexity index is 1180. The third kappa shape index (κ3) is 6.10. The van der Waals surface area contributed by atoms with E-state index in [9.17, 15) is 13.2 Å². The first-order valence-corrected chi connectivity index (χ1v) is 11.2. The van der Waals surface area contributed by atoms with Gasteiger partial charge in [-0.2, -0.15) is 0 Å². The number of benzene rings is 2. The first-order chi connectivity index (χ1) is 14.9. The molecule has 0 atom stereocenters. The lowest BCUT2D eigenvalue weighted by atomic mass is 10.0. The fourth-order valence-electron chi connectivity index (χ4n) is 3.04. The molecule has 0 aliphatic rings. The van der Waals surface area contributed by atoms with Crippen LogP contribution in [0.5, 0.6) is 17.2 Å². The molecule has 0 radical (unpaired) electrons. The van der Waals surface area contributed by atoms with E-state index < -0.39 is 10.9 Å². The van der Waals surface area contributed by atoms with Gasteiger partial charge in [-0.1, -0.05) is 17.7 Å². The quantitative estimate of drug-likeness (QED) is 0.475. The summed E-state index contributed by atoms with van der Waals surface area (Å²) in [5.41, 5.74) is 2.13. The number of nitrogens with zero attached hydrogens (tertiary/aromatic N) is 1. The van der Waals surface area contributed by atoms with Crippen LogP contribution in [0.3, 0.4) is 0 Å². The molecule has 7 nitrogen and oxygen atoms in total. The minimum Gasteiger partial charge on any atom is -0.493 e. The normalized spacial score (nSPS) is 11.0.